The van der Waals surface area contributed by atoms with Crippen molar-refractivity contribution >= 4 is 5.78 Å². The fourth-order valence-electron chi connectivity index (χ4n) is 1.57. The second-order valence-electron chi connectivity index (χ2n) is 4.02. The molecule has 0 amide bonds. The topological polar surface area (TPSA) is 55.1 Å². The monoisotopic (exact) mass is 203 g/mol. The molecule has 2 aromatic rings. The Hall–Kier alpha value is -1.49. The van der Waals surface area contributed by atoms with Gasteiger partial charge in [-0.3, -0.25) is 0 Å². The average molecular weight is 203 g/mol. The van der Waals surface area contributed by atoms with Crippen LogP contribution in [-0.2, 0) is 6.54 Å². The maximum atomic E-state index is 4.25. The van der Waals surface area contributed by atoms with Crippen molar-refractivity contribution in [2.45, 2.75) is 32.4 Å². The van der Waals surface area contributed by atoms with Gasteiger partial charge in [-0.25, -0.2) is 9.50 Å². The number of aromatic nitrogens is 4. The van der Waals surface area contributed by atoms with Gasteiger partial charge in [0.25, 0.3) is 5.78 Å². The van der Waals surface area contributed by atoms with Crippen molar-refractivity contribution in [3.63, 3.8) is 0 Å². The Bertz CT molecular complexity index is 486. The van der Waals surface area contributed by atoms with Gasteiger partial charge in [0.15, 0.2) is 0 Å². The maximum Gasteiger partial charge on any atom is 0.252 e. The summed E-state index contributed by atoms with van der Waals surface area (Å²) in [5.74, 6) is 1.43. The van der Waals surface area contributed by atoms with Gasteiger partial charge in [-0.2, -0.15) is 10.1 Å². The van der Waals surface area contributed by atoms with Crippen LogP contribution in [-0.4, -0.2) is 25.6 Å². The molecule has 0 bridgehead atoms. The van der Waals surface area contributed by atoms with Crippen molar-refractivity contribution in [2.24, 2.45) is 0 Å². The van der Waals surface area contributed by atoms with E-state index in [1.165, 1.54) is 12.8 Å². The third-order valence-electron chi connectivity index (χ3n) is 2.53. The molecule has 1 aliphatic carbocycles. The minimum absolute atomic E-state index is 0.669. The van der Waals surface area contributed by atoms with E-state index >= 15 is 0 Å². The molecule has 0 saturated heterocycles. The molecule has 0 aromatic carbocycles. The number of nitrogens with one attached hydrogen (secondary N) is 1. The summed E-state index contributed by atoms with van der Waals surface area (Å²) in [4.78, 5) is 8.43. The summed E-state index contributed by atoms with van der Waals surface area (Å²) in [6.07, 6.45) is 6.45. The fourth-order valence-corrected chi connectivity index (χ4v) is 1.57. The zero-order chi connectivity index (χ0) is 10.3. The van der Waals surface area contributed by atoms with Gasteiger partial charge in [0.1, 0.15) is 5.82 Å². The zero-order valence-corrected chi connectivity index (χ0v) is 8.64. The first-order valence-corrected chi connectivity index (χ1v) is 5.22. The van der Waals surface area contributed by atoms with E-state index in [1.54, 1.807) is 4.52 Å². The van der Waals surface area contributed by atoms with Crippen molar-refractivity contribution in [1.29, 1.82) is 0 Å². The molecule has 0 spiro atoms. The first-order valence-electron chi connectivity index (χ1n) is 5.22. The first kappa shape index (κ1) is 8.79. The molecular formula is C10H13N5. The van der Waals surface area contributed by atoms with Crippen molar-refractivity contribution < 1.29 is 0 Å². The van der Waals surface area contributed by atoms with E-state index in [1.807, 2.05) is 19.3 Å². The van der Waals surface area contributed by atoms with Gasteiger partial charge in [-0.15, -0.1) is 0 Å². The Morgan fingerprint density at radius 3 is 3.20 bits per heavy atom. The van der Waals surface area contributed by atoms with Gasteiger partial charge >= 0.3 is 0 Å². The Kier molecular flexibility index (Phi) is 1.92. The summed E-state index contributed by atoms with van der Waals surface area (Å²) in [6, 6.07) is 0.721. The van der Waals surface area contributed by atoms with Gasteiger partial charge < -0.3 is 5.32 Å². The van der Waals surface area contributed by atoms with Crippen LogP contribution in [0.15, 0.2) is 12.4 Å². The second-order valence-corrected chi connectivity index (χ2v) is 4.02. The normalized spacial score (nSPS) is 16.1. The standard InChI is InChI=1S/C10H13N5/c1-7-13-10-12-5-8(6-15(10)14-7)4-11-9-2-3-9/h5-6,9,11H,2-4H2,1H3. The molecule has 2 heterocycles. The summed E-state index contributed by atoms with van der Waals surface area (Å²) in [5.41, 5.74) is 1.15. The van der Waals surface area contributed by atoms with Crippen LogP contribution in [0.1, 0.15) is 24.2 Å². The summed E-state index contributed by atoms with van der Waals surface area (Å²) in [5, 5.41) is 7.67. The molecule has 0 unspecified atom stereocenters. The smallest absolute Gasteiger partial charge is 0.252 e. The quantitative estimate of drug-likeness (QED) is 0.797. The minimum Gasteiger partial charge on any atom is -0.310 e. The molecular weight excluding hydrogens is 190 g/mol. The highest BCUT2D eigenvalue weighted by Gasteiger charge is 2.20. The van der Waals surface area contributed by atoms with Crippen LogP contribution in [0.3, 0.4) is 0 Å². The second kappa shape index (κ2) is 3.27. The lowest BCUT2D eigenvalue weighted by molar-refractivity contribution is 0.680. The van der Waals surface area contributed by atoms with Crippen LogP contribution in [0.2, 0.25) is 0 Å². The van der Waals surface area contributed by atoms with Crippen LogP contribution in [0, 0.1) is 6.92 Å². The molecule has 3 rings (SSSR count). The number of hydrogen-bond donors (Lipinski definition) is 1. The van der Waals surface area contributed by atoms with Crippen LogP contribution in [0.25, 0.3) is 5.78 Å². The molecule has 5 nitrogen and oxygen atoms in total. The Morgan fingerprint density at radius 1 is 1.53 bits per heavy atom. The van der Waals surface area contributed by atoms with E-state index in [0.717, 1.165) is 24.0 Å². The number of aryl methyl sites for hydroxylation is 1. The van der Waals surface area contributed by atoms with E-state index in [0.29, 0.717) is 5.78 Å². The van der Waals surface area contributed by atoms with E-state index in [2.05, 4.69) is 20.4 Å². The molecule has 5 heteroatoms. The van der Waals surface area contributed by atoms with Crippen LogP contribution >= 0.6 is 0 Å². The molecule has 1 saturated carbocycles. The van der Waals surface area contributed by atoms with Crippen molar-refractivity contribution in [2.75, 3.05) is 0 Å². The van der Waals surface area contributed by atoms with Crippen LogP contribution in [0.5, 0.6) is 0 Å². The highest BCUT2D eigenvalue weighted by atomic mass is 15.3. The fraction of sp³-hybridized carbons (Fsp3) is 0.500. The third-order valence-corrected chi connectivity index (χ3v) is 2.53. The molecule has 1 fully saturated rings. The molecule has 0 radical (unpaired) electrons. The summed E-state index contributed by atoms with van der Waals surface area (Å²) >= 11 is 0. The number of rotatable bonds is 3. The van der Waals surface area contributed by atoms with Crippen molar-refractivity contribution in [1.82, 2.24) is 24.9 Å². The molecule has 2 aromatic heterocycles. The van der Waals surface area contributed by atoms with E-state index in [-0.39, 0.29) is 0 Å². The zero-order valence-electron chi connectivity index (χ0n) is 8.64. The predicted molar refractivity (Wildman–Crippen MR) is 55.4 cm³/mol. The van der Waals surface area contributed by atoms with Crippen LogP contribution in [0.4, 0.5) is 0 Å². The van der Waals surface area contributed by atoms with Gasteiger partial charge in [-0.1, -0.05) is 0 Å². The lowest BCUT2D eigenvalue weighted by Gasteiger charge is -2.01. The van der Waals surface area contributed by atoms with Crippen LogP contribution < -0.4 is 5.32 Å². The van der Waals surface area contributed by atoms with E-state index < -0.39 is 0 Å². The van der Waals surface area contributed by atoms with Crippen molar-refractivity contribution in [3.8, 4) is 0 Å². The number of nitrogens with zero attached hydrogens (tertiary/aromatic N) is 4. The maximum absolute atomic E-state index is 4.25. The lowest BCUT2D eigenvalue weighted by Crippen LogP contribution is -2.15. The van der Waals surface area contributed by atoms with Gasteiger partial charge in [0.2, 0.25) is 0 Å². The molecule has 1 aliphatic rings. The highest BCUT2D eigenvalue weighted by Crippen LogP contribution is 2.19. The molecule has 1 N–H and O–H groups in total. The Balaban J connectivity index is 1.84. The van der Waals surface area contributed by atoms with E-state index in [9.17, 15) is 0 Å². The SMILES string of the molecule is Cc1nc2ncc(CNC3CC3)cn2n1. The largest absolute Gasteiger partial charge is 0.310 e. The Labute approximate surface area is 87.5 Å². The summed E-state index contributed by atoms with van der Waals surface area (Å²) in [6.45, 7) is 2.74. The van der Waals surface area contributed by atoms with E-state index in [4.69, 9.17) is 0 Å². The molecule has 0 atom stereocenters. The lowest BCUT2D eigenvalue weighted by atomic mass is 10.3. The minimum atomic E-state index is 0.669. The third kappa shape index (κ3) is 1.83. The average Bonchev–Trinajstić information content (AvgIpc) is 2.96. The predicted octanol–water partition coefficient (Wildman–Crippen LogP) is 0.685. The number of hydrogen-bond acceptors (Lipinski definition) is 4. The van der Waals surface area contributed by atoms with Crippen molar-refractivity contribution in [3.05, 3.63) is 23.8 Å². The molecule has 78 valence electrons. The Morgan fingerprint density at radius 2 is 2.40 bits per heavy atom. The van der Waals surface area contributed by atoms with Gasteiger partial charge in [0, 0.05) is 30.5 Å². The molecule has 15 heavy (non-hydrogen) atoms. The molecule has 0 aliphatic heterocycles. The number of fused-ring (bicyclic) bond motifs is 1. The van der Waals surface area contributed by atoms with Gasteiger partial charge in [0.05, 0.1) is 0 Å². The first-order chi connectivity index (χ1) is 7.31. The summed E-state index contributed by atoms with van der Waals surface area (Å²) in [7, 11) is 0. The highest BCUT2D eigenvalue weighted by molar-refractivity contribution is 5.27. The van der Waals surface area contributed by atoms with Gasteiger partial charge in [-0.05, 0) is 19.8 Å². The summed E-state index contributed by atoms with van der Waals surface area (Å²) < 4.78 is 1.74.